The van der Waals surface area contributed by atoms with Gasteiger partial charge in [0, 0.05) is 16.2 Å². The fourth-order valence-electron chi connectivity index (χ4n) is 1.70. The van der Waals surface area contributed by atoms with Gasteiger partial charge in [-0.15, -0.1) is 0 Å². The summed E-state index contributed by atoms with van der Waals surface area (Å²) in [5.74, 6) is 0.175. The molecule has 5 heteroatoms. The maximum Gasteiger partial charge on any atom is 0.251 e. The first-order chi connectivity index (χ1) is 9.06. The van der Waals surface area contributed by atoms with Gasteiger partial charge in [-0.05, 0) is 36.8 Å². The number of nitrogens with two attached hydrogens (primary N) is 1. The van der Waals surface area contributed by atoms with E-state index in [1.807, 2.05) is 31.2 Å². The van der Waals surface area contributed by atoms with Crippen molar-refractivity contribution in [2.24, 2.45) is 0 Å². The lowest BCUT2D eigenvalue weighted by molar-refractivity contribution is 0.0940. The number of nitrogens with zero attached hydrogens (tertiary/aromatic N) is 1. The lowest BCUT2D eigenvalue weighted by Gasteiger charge is -2.14. The minimum atomic E-state index is -0.162. The molecule has 0 aliphatic carbocycles. The van der Waals surface area contributed by atoms with Crippen LogP contribution in [0, 0.1) is 0 Å². The summed E-state index contributed by atoms with van der Waals surface area (Å²) in [5, 5.41) is 2.92. The van der Waals surface area contributed by atoms with Gasteiger partial charge in [0.2, 0.25) is 0 Å². The average Bonchev–Trinajstić information content (AvgIpc) is 2.39. The Labute approximate surface area is 120 Å². The van der Waals surface area contributed by atoms with Crippen molar-refractivity contribution in [3.8, 4) is 0 Å². The van der Waals surface area contributed by atoms with Crippen molar-refractivity contribution in [2.45, 2.75) is 13.0 Å². The number of anilines is 1. The number of pyridine rings is 1. The van der Waals surface area contributed by atoms with E-state index in [4.69, 9.17) is 5.73 Å². The Morgan fingerprint density at radius 3 is 2.63 bits per heavy atom. The molecule has 1 amide bonds. The van der Waals surface area contributed by atoms with Crippen LogP contribution >= 0.6 is 15.9 Å². The summed E-state index contributed by atoms with van der Waals surface area (Å²) in [6.45, 7) is 1.94. The van der Waals surface area contributed by atoms with Crippen molar-refractivity contribution in [1.29, 1.82) is 0 Å². The third-order valence-corrected chi connectivity index (χ3v) is 3.29. The molecule has 1 aromatic carbocycles. The van der Waals surface area contributed by atoms with Gasteiger partial charge in [0.15, 0.2) is 0 Å². The quantitative estimate of drug-likeness (QED) is 0.914. The van der Waals surface area contributed by atoms with E-state index < -0.39 is 0 Å². The second-order valence-electron chi connectivity index (χ2n) is 4.22. The molecular formula is C14H14BrN3O. The molecule has 2 aromatic rings. The second kappa shape index (κ2) is 5.84. The van der Waals surface area contributed by atoms with E-state index in [-0.39, 0.29) is 11.9 Å². The van der Waals surface area contributed by atoms with Gasteiger partial charge in [-0.25, -0.2) is 4.98 Å². The highest BCUT2D eigenvalue weighted by Gasteiger charge is 2.11. The van der Waals surface area contributed by atoms with Crippen LogP contribution in [0.5, 0.6) is 0 Å². The van der Waals surface area contributed by atoms with Gasteiger partial charge in [0.25, 0.3) is 5.91 Å². The third kappa shape index (κ3) is 3.54. The summed E-state index contributed by atoms with van der Waals surface area (Å²) in [7, 11) is 0. The van der Waals surface area contributed by atoms with E-state index in [2.05, 4.69) is 26.2 Å². The highest BCUT2D eigenvalue weighted by atomic mass is 79.9. The monoisotopic (exact) mass is 319 g/mol. The molecule has 1 heterocycles. The molecule has 2 rings (SSSR count). The van der Waals surface area contributed by atoms with Crippen LogP contribution in [-0.2, 0) is 0 Å². The van der Waals surface area contributed by atoms with Crippen molar-refractivity contribution in [1.82, 2.24) is 10.3 Å². The standard InChI is InChI=1S/C14H14BrN3O/c1-9(10-2-4-12(15)5-3-10)18-14(19)11-6-7-17-13(16)8-11/h2-9H,1H3,(H2,16,17)(H,18,19). The highest BCUT2D eigenvalue weighted by Crippen LogP contribution is 2.17. The van der Waals surface area contributed by atoms with Crippen molar-refractivity contribution in [3.63, 3.8) is 0 Å². The van der Waals surface area contributed by atoms with Crippen LogP contribution in [0.2, 0.25) is 0 Å². The Bertz CT molecular complexity index is 583. The van der Waals surface area contributed by atoms with Crippen LogP contribution in [0.4, 0.5) is 5.82 Å². The summed E-state index contributed by atoms with van der Waals surface area (Å²) in [5.41, 5.74) is 7.11. The molecule has 0 bridgehead atoms. The average molecular weight is 320 g/mol. The molecule has 98 valence electrons. The maximum atomic E-state index is 12.0. The van der Waals surface area contributed by atoms with Crippen LogP contribution in [-0.4, -0.2) is 10.9 Å². The maximum absolute atomic E-state index is 12.0. The fourth-order valence-corrected chi connectivity index (χ4v) is 1.97. The van der Waals surface area contributed by atoms with Crippen molar-refractivity contribution < 1.29 is 4.79 Å². The van der Waals surface area contributed by atoms with Gasteiger partial charge >= 0.3 is 0 Å². The molecular weight excluding hydrogens is 306 g/mol. The molecule has 4 nitrogen and oxygen atoms in total. The predicted molar refractivity (Wildman–Crippen MR) is 78.7 cm³/mol. The molecule has 1 atom stereocenters. The Hall–Kier alpha value is -1.88. The van der Waals surface area contributed by atoms with Crippen molar-refractivity contribution in [3.05, 3.63) is 58.2 Å². The number of carbonyl (C=O) groups is 1. The number of rotatable bonds is 3. The Kier molecular flexibility index (Phi) is 4.16. The van der Waals surface area contributed by atoms with Gasteiger partial charge in [-0.2, -0.15) is 0 Å². The summed E-state index contributed by atoms with van der Waals surface area (Å²) in [6.07, 6.45) is 1.52. The van der Waals surface area contributed by atoms with E-state index in [1.165, 1.54) is 6.20 Å². The van der Waals surface area contributed by atoms with E-state index in [9.17, 15) is 4.79 Å². The second-order valence-corrected chi connectivity index (χ2v) is 5.13. The SMILES string of the molecule is CC(NC(=O)c1ccnc(N)c1)c1ccc(Br)cc1. The third-order valence-electron chi connectivity index (χ3n) is 2.76. The first-order valence-electron chi connectivity index (χ1n) is 5.84. The summed E-state index contributed by atoms with van der Waals surface area (Å²) in [6, 6.07) is 11.0. The zero-order chi connectivity index (χ0) is 13.8. The lowest BCUT2D eigenvalue weighted by atomic mass is 10.1. The number of hydrogen-bond donors (Lipinski definition) is 2. The van der Waals surface area contributed by atoms with E-state index in [0.717, 1.165) is 10.0 Å². The van der Waals surface area contributed by atoms with Crippen LogP contribution in [0.1, 0.15) is 28.9 Å². The molecule has 1 unspecified atom stereocenters. The topological polar surface area (TPSA) is 68.0 Å². The first-order valence-corrected chi connectivity index (χ1v) is 6.63. The number of nitrogens with one attached hydrogen (secondary N) is 1. The molecule has 1 aromatic heterocycles. The fraction of sp³-hybridized carbons (Fsp3) is 0.143. The zero-order valence-electron chi connectivity index (χ0n) is 10.4. The van der Waals surface area contributed by atoms with Crippen molar-refractivity contribution >= 4 is 27.7 Å². The van der Waals surface area contributed by atoms with Gasteiger partial charge < -0.3 is 11.1 Å². The molecule has 0 aliphatic heterocycles. The number of amides is 1. The minimum absolute atomic E-state index is 0.0741. The Morgan fingerprint density at radius 2 is 2.00 bits per heavy atom. The number of nitrogen functional groups attached to an aromatic ring is 1. The number of carbonyl (C=O) groups excluding carboxylic acids is 1. The predicted octanol–water partition coefficient (Wildman–Crippen LogP) is 2.92. The van der Waals surface area contributed by atoms with Crippen LogP contribution in [0.15, 0.2) is 47.1 Å². The lowest BCUT2D eigenvalue weighted by Crippen LogP contribution is -2.26. The van der Waals surface area contributed by atoms with Crippen LogP contribution in [0.25, 0.3) is 0 Å². The molecule has 0 saturated heterocycles. The molecule has 0 radical (unpaired) electrons. The molecule has 19 heavy (non-hydrogen) atoms. The van der Waals surface area contributed by atoms with E-state index >= 15 is 0 Å². The number of halogens is 1. The number of aromatic nitrogens is 1. The largest absolute Gasteiger partial charge is 0.384 e. The summed E-state index contributed by atoms with van der Waals surface area (Å²) in [4.78, 5) is 15.9. The Balaban J connectivity index is 2.08. The van der Waals surface area contributed by atoms with E-state index in [0.29, 0.717) is 11.4 Å². The molecule has 3 N–H and O–H groups in total. The van der Waals surface area contributed by atoms with Crippen molar-refractivity contribution in [2.75, 3.05) is 5.73 Å². The smallest absolute Gasteiger partial charge is 0.251 e. The molecule has 0 saturated carbocycles. The van der Waals surface area contributed by atoms with E-state index in [1.54, 1.807) is 12.1 Å². The molecule has 0 spiro atoms. The Morgan fingerprint density at radius 1 is 1.32 bits per heavy atom. The van der Waals surface area contributed by atoms with Crippen LogP contribution in [0.3, 0.4) is 0 Å². The molecule has 0 fully saturated rings. The van der Waals surface area contributed by atoms with Crippen LogP contribution < -0.4 is 11.1 Å². The first kappa shape index (κ1) is 13.5. The number of benzene rings is 1. The zero-order valence-corrected chi connectivity index (χ0v) is 12.0. The van der Waals surface area contributed by atoms with Gasteiger partial charge in [-0.3, -0.25) is 4.79 Å². The normalized spacial score (nSPS) is 11.9. The minimum Gasteiger partial charge on any atom is -0.384 e. The van der Waals surface area contributed by atoms with Gasteiger partial charge in [0.1, 0.15) is 5.82 Å². The summed E-state index contributed by atoms with van der Waals surface area (Å²) >= 11 is 3.38. The van der Waals surface area contributed by atoms with Gasteiger partial charge in [-0.1, -0.05) is 28.1 Å². The summed E-state index contributed by atoms with van der Waals surface area (Å²) < 4.78 is 1.01. The van der Waals surface area contributed by atoms with Gasteiger partial charge in [0.05, 0.1) is 6.04 Å². The number of hydrogen-bond acceptors (Lipinski definition) is 3. The molecule has 0 aliphatic rings. The highest BCUT2D eigenvalue weighted by molar-refractivity contribution is 9.10.